The van der Waals surface area contributed by atoms with Crippen LogP contribution >= 0.6 is 11.6 Å². The van der Waals surface area contributed by atoms with E-state index in [1.807, 2.05) is 30.3 Å². The number of nitrogens with zero attached hydrogens (tertiary/aromatic N) is 2. The van der Waals surface area contributed by atoms with E-state index >= 15 is 0 Å². The lowest BCUT2D eigenvalue weighted by Crippen LogP contribution is -2.56. The van der Waals surface area contributed by atoms with Gasteiger partial charge in [-0.1, -0.05) is 23.7 Å². The van der Waals surface area contributed by atoms with Crippen molar-refractivity contribution in [2.75, 3.05) is 39.3 Å². The number of halogens is 1. The third-order valence-corrected chi connectivity index (χ3v) is 6.72. The number of benzene rings is 2. The van der Waals surface area contributed by atoms with Gasteiger partial charge in [-0.05, 0) is 60.0 Å². The third-order valence-electron chi connectivity index (χ3n) is 6.47. The molecule has 2 N–H and O–H groups in total. The molecule has 0 bridgehead atoms. The molecule has 3 aliphatic heterocycles. The van der Waals surface area contributed by atoms with Crippen molar-refractivity contribution in [3.8, 4) is 5.75 Å². The molecule has 1 saturated heterocycles. The molecule has 0 saturated carbocycles. The second-order valence-corrected chi connectivity index (χ2v) is 9.49. The highest BCUT2D eigenvalue weighted by molar-refractivity contribution is 6.30. The quantitative estimate of drug-likeness (QED) is 0.730. The number of nitrogens with one attached hydrogen (secondary N) is 2. The molecule has 1 amide bonds. The van der Waals surface area contributed by atoms with Gasteiger partial charge in [-0.3, -0.25) is 20.1 Å². The Labute approximate surface area is 194 Å². The number of piperazine rings is 1. The predicted octanol–water partition coefficient (Wildman–Crippen LogP) is 3.07. The van der Waals surface area contributed by atoms with Crippen LogP contribution in [0.2, 0.25) is 5.02 Å². The number of hydrogen-bond donors (Lipinski definition) is 2. The number of amides is 1. The second-order valence-electron chi connectivity index (χ2n) is 9.05. The van der Waals surface area contributed by atoms with E-state index < -0.39 is 5.41 Å². The molecular formula is C25H29ClN4O2. The van der Waals surface area contributed by atoms with Crippen molar-refractivity contribution in [3.63, 3.8) is 0 Å². The monoisotopic (exact) mass is 452 g/mol. The summed E-state index contributed by atoms with van der Waals surface area (Å²) in [6, 6.07) is 14.0. The molecule has 168 valence electrons. The largest absolute Gasteiger partial charge is 0.493 e. The average molecular weight is 453 g/mol. The van der Waals surface area contributed by atoms with Gasteiger partial charge in [0.05, 0.1) is 24.3 Å². The van der Waals surface area contributed by atoms with E-state index in [4.69, 9.17) is 16.3 Å². The first-order valence-corrected chi connectivity index (χ1v) is 11.6. The molecular weight excluding hydrogens is 424 g/mol. The summed E-state index contributed by atoms with van der Waals surface area (Å²) in [5.74, 6) is 1.04. The fourth-order valence-electron chi connectivity index (χ4n) is 4.75. The Hall–Kier alpha value is -2.54. The number of carbonyl (C=O) groups excluding carboxylic acids is 1. The summed E-state index contributed by atoms with van der Waals surface area (Å²) in [6.45, 7) is 7.77. The summed E-state index contributed by atoms with van der Waals surface area (Å²) in [4.78, 5) is 16.1. The van der Waals surface area contributed by atoms with Gasteiger partial charge in [0.1, 0.15) is 5.75 Å². The van der Waals surface area contributed by atoms with Crippen molar-refractivity contribution < 1.29 is 9.53 Å². The molecule has 3 aliphatic rings. The molecule has 1 unspecified atom stereocenters. The minimum Gasteiger partial charge on any atom is -0.493 e. The van der Waals surface area contributed by atoms with Gasteiger partial charge in [0, 0.05) is 44.2 Å². The lowest BCUT2D eigenvalue weighted by Gasteiger charge is -2.42. The Balaban J connectivity index is 1.47. The maximum absolute atomic E-state index is 13.7. The van der Waals surface area contributed by atoms with E-state index in [1.54, 1.807) is 5.01 Å². The molecule has 7 heteroatoms. The zero-order chi connectivity index (χ0) is 22.1. The molecule has 0 radical (unpaired) electrons. The summed E-state index contributed by atoms with van der Waals surface area (Å²) in [6.07, 6.45) is 3.04. The zero-order valence-corrected chi connectivity index (χ0v) is 19.1. The number of hydrogen-bond acceptors (Lipinski definition) is 5. The van der Waals surface area contributed by atoms with Crippen molar-refractivity contribution in [3.05, 3.63) is 70.3 Å². The summed E-state index contributed by atoms with van der Waals surface area (Å²) in [7, 11) is 0. The van der Waals surface area contributed by atoms with E-state index in [2.05, 4.69) is 40.8 Å². The van der Waals surface area contributed by atoms with E-state index in [-0.39, 0.29) is 5.91 Å². The smallest absolute Gasteiger partial charge is 0.252 e. The van der Waals surface area contributed by atoms with Crippen molar-refractivity contribution in [1.29, 1.82) is 0 Å². The van der Waals surface area contributed by atoms with Gasteiger partial charge in [0.2, 0.25) is 0 Å². The number of hydrazine groups is 1. The Morgan fingerprint density at radius 2 is 1.91 bits per heavy atom. The maximum Gasteiger partial charge on any atom is 0.252 e. The number of rotatable bonds is 5. The first-order chi connectivity index (χ1) is 15.5. The van der Waals surface area contributed by atoms with Crippen LogP contribution in [-0.2, 0) is 17.8 Å². The zero-order valence-electron chi connectivity index (χ0n) is 18.4. The van der Waals surface area contributed by atoms with Crippen LogP contribution in [-0.4, -0.2) is 55.1 Å². The number of ether oxygens (including phenoxy) is 1. The molecule has 6 nitrogen and oxygen atoms in total. The van der Waals surface area contributed by atoms with Gasteiger partial charge < -0.3 is 10.1 Å². The van der Waals surface area contributed by atoms with Gasteiger partial charge in [-0.2, -0.15) is 0 Å². The summed E-state index contributed by atoms with van der Waals surface area (Å²) in [5, 5.41) is 5.84. The van der Waals surface area contributed by atoms with E-state index in [1.165, 1.54) is 5.56 Å². The summed E-state index contributed by atoms with van der Waals surface area (Å²) >= 11 is 6.06. The fourth-order valence-corrected chi connectivity index (χ4v) is 4.88. The Morgan fingerprint density at radius 1 is 1.12 bits per heavy atom. The summed E-state index contributed by atoms with van der Waals surface area (Å²) in [5.41, 5.74) is 7.07. The highest BCUT2D eigenvalue weighted by atomic mass is 35.5. The molecule has 32 heavy (non-hydrogen) atoms. The molecule has 3 heterocycles. The molecule has 1 atom stereocenters. The molecule has 2 aromatic rings. The van der Waals surface area contributed by atoms with Gasteiger partial charge in [0.15, 0.2) is 0 Å². The van der Waals surface area contributed by atoms with Crippen LogP contribution in [0.3, 0.4) is 0 Å². The van der Waals surface area contributed by atoms with Crippen LogP contribution in [0.1, 0.15) is 23.6 Å². The molecule has 1 fully saturated rings. The van der Waals surface area contributed by atoms with Gasteiger partial charge in [-0.25, -0.2) is 0 Å². The normalized spacial score (nSPS) is 23.4. The van der Waals surface area contributed by atoms with E-state index in [0.29, 0.717) is 18.1 Å². The first kappa shape index (κ1) is 21.3. The standard InChI is InChI=1S/C25H29ClN4O2/c1-25(17-29-11-9-27-10-12-29)15-22(19-4-7-23-20(14-19)8-13-32-23)28-30(24(25)31)16-18-2-5-21(26)6-3-18/h2-7,14-15,27-28H,8-13,16-17H2,1H3. The second kappa shape index (κ2) is 8.77. The topological polar surface area (TPSA) is 56.8 Å². The predicted molar refractivity (Wildman–Crippen MR) is 126 cm³/mol. The molecule has 0 spiro atoms. The van der Waals surface area contributed by atoms with Crippen LogP contribution in [0.4, 0.5) is 0 Å². The highest BCUT2D eigenvalue weighted by Gasteiger charge is 2.41. The van der Waals surface area contributed by atoms with Crippen molar-refractivity contribution in [2.24, 2.45) is 5.41 Å². The molecule has 5 rings (SSSR count). The molecule has 0 aromatic heterocycles. The Morgan fingerprint density at radius 3 is 2.69 bits per heavy atom. The van der Waals surface area contributed by atoms with Gasteiger partial charge in [0.25, 0.3) is 5.91 Å². The minimum atomic E-state index is -0.625. The summed E-state index contributed by atoms with van der Waals surface area (Å²) < 4.78 is 5.68. The Kier molecular flexibility index (Phi) is 5.84. The number of fused-ring (bicyclic) bond motifs is 1. The van der Waals surface area contributed by atoms with Crippen molar-refractivity contribution in [1.82, 2.24) is 20.7 Å². The van der Waals surface area contributed by atoms with Crippen LogP contribution in [0.25, 0.3) is 5.70 Å². The third kappa shape index (κ3) is 4.35. The van der Waals surface area contributed by atoms with Crippen LogP contribution < -0.4 is 15.5 Å². The van der Waals surface area contributed by atoms with Crippen molar-refractivity contribution >= 4 is 23.2 Å². The molecule has 2 aromatic carbocycles. The maximum atomic E-state index is 13.7. The van der Waals surface area contributed by atoms with E-state index in [9.17, 15) is 4.79 Å². The minimum absolute atomic E-state index is 0.0826. The van der Waals surface area contributed by atoms with Gasteiger partial charge >= 0.3 is 0 Å². The Bertz CT molecular complexity index is 1030. The lowest BCUT2D eigenvalue weighted by molar-refractivity contribution is -0.143. The highest BCUT2D eigenvalue weighted by Crippen LogP contribution is 2.34. The van der Waals surface area contributed by atoms with Crippen LogP contribution in [0.5, 0.6) is 5.75 Å². The SMILES string of the molecule is CC1(CN2CCNCC2)C=C(c2ccc3c(c2)CCO3)NN(Cc2ccc(Cl)cc2)C1=O. The van der Waals surface area contributed by atoms with E-state index in [0.717, 1.165) is 61.8 Å². The lowest BCUT2D eigenvalue weighted by atomic mass is 9.84. The first-order valence-electron chi connectivity index (χ1n) is 11.3. The van der Waals surface area contributed by atoms with Gasteiger partial charge in [-0.15, -0.1) is 0 Å². The van der Waals surface area contributed by atoms with Crippen LogP contribution in [0, 0.1) is 5.41 Å². The van der Waals surface area contributed by atoms with Crippen molar-refractivity contribution in [2.45, 2.75) is 19.9 Å². The number of carbonyl (C=O) groups is 1. The van der Waals surface area contributed by atoms with Crippen LogP contribution in [0.15, 0.2) is 48.5 Å². The fraction of sp³-hybridized carbons (Fsp3) is 0.400. The molecule has 0 aliphatic carbocycles. The average Bonchev–Trinajstić information content (AvgIpc) is 3.27.